The molecule has 0 aromatic rings. The number of rotatable bonds is 2. The number of amides is 1. The van der Waals surface area contributed by atoms with Crippen LogP contribution in [0.15, 0.2) is 0 Å². The summed E-state index contributed by atoms with van der Waals surface area (Å²) >= 11 is 0. The van der Waals surface area contributed by atoms with Gasteiger partial charge in [-0.2, -0.15) is 0 Å². The fourth-order valence-corrected chi connectivity index (χ4v) is 6.57. The van der Waals surface area contributed by atoms with E-state index in [1.54, 1.807) is 4.90 Å². The molecule has 1 amide bonds. The first-order chi connectivity index (χ1) is 9.69. The SMILES string of the molecule is NS(=O)(=O)C1CC(=O)N(C23CC4CC(CC(O)(C4)C2)C3)C1. The van der Waals surface area contributed by atoms with Crippen molar-refractivity contribution in [3.8, 4) is 0 Å². The van der Waals surface area contributed by atoms with E-state index in [4.69, 9.17) is 5.14 Å². The molecule has 1 aliphatic heterocycles. The molecule has 118 valence electrons. The third kappa shape index (κ3) is 2.04. The number of hydrogen-bond donors (Lipinski definition) is 2. The number of sulfonamides is 1. The highest BCUT2D eigenvalue weighted by molar-refractivity contribution is 7.89. The predicted molar refractivity (Wildman–Crippen MR) is 75.6 cm³/mol. The Balaban J connectivity index is 1.66. The van der Waals surface area contributed by atoms with Crippen LogP contribution in [0.5, 0.6) is 0 Å². The van der Waals surface area contributed by atoms with Crippen LogP contribution in [0.25, 0.3) is 0 Å². The largest absolute Gasteiger partial charge is 0.390 e. The van der Waals surface area contributed by atoms with E-state index in [0.717, 1.165) is 32.1 Å². The van der Waals surface area contributed by atoms with Crippen molar-refractivity contribution in [3.05, 3.63) is 0 Å². The molecule has 3 unspecified atom stereocenters. The fourth-order valence-electron chi connectivity index (χ4n) is 5.84. The maximum Gasteiger partial charge on any atom is 0.224 e. The minimum Gasteiger partial charge on any atom is -0.390 e. The van der Waals surface area contributed by atoms with E-state index in [-0.39, 0.29) is 24.4 Å². The van der Waals surface area contributed by atoms with E-state index in [9.17, 15) is 18.3 Å². The molecular formula is C14H22N2O4S. The van der Waals surface area contributed by atoms with Gasteiger partial charge in [-0.3, -0.25) is 4.79 Å². The summed E-state index contributed by atoms with van der Waals surface area (Å²) < 4.78 is 23.1. The third-order valence-corrected chi connectivity index (χ3v) is 7.37. The average Bonchev–Trinajstić information content (AvgIpc) is 2.68. The van der Waals surface area contributed by atoms with Gasteiger partial charge in [0.05, 0.1) is 5.60 Å². The van der Waals surface area contributed by atoms with Crippen molar-refractivity contribution in [2.75, 3.05) is 6.54 Å². The van der Waals surface area contributed by atoms with Gasteiger partial charge in [-0.05, 0) is 50.4 Å². The maximum absolute atomic E-state index is 12.4. The van der Waals surface area contributed by atoms with Gasteiger partial charge < -0.3 is 10.0 Å². The van der Waals surface area contributed by atoms with Crippen molar-refractivity contribution in [1.29, 1.82) is 0 Å². The van der Waals surface area contributed by atoms with Crippen molar-refractivity contribution >= 4 is 15.9 Å². The number of carbonyl (C=O) groups excluding carboxylic acids is 1. The number of nitrogens with two attached hydrogens (primary N) is 1. The van der Waals surface area contributed by atoms with Crippen LogP contribution < -0.4 is 5.14 Å². The maximum atomic E-state index is 12.4. The third-order valence-electron chi connectivity index (χ3n) is 6.13. The average molecular weight is 314 g/mol. The molecule has 0 aromatic heterocycles. The van der Waals surface area contributed by atoms with Crippen LogP contribution in [0.3, 0.4) is 0 Å². The van der Waals surface area contributed by atoms with E-state index in [2.05, 4.69) is 0 Å². The highest BCUT2D eigenvalue weighted by Gasteiger charge is 2.61. The van der Waals surface area contributed by atoms with E-state index in [0.29, 0.717) is 18.3 Å². The summed E-state index contributed by atoms with van der Waals surface area (Å²) in [5.41, 5.74) is -0.973. The summed E-state index contributed by atoms with van der Waals surface area (Å²) in [7, 11) is -3.68. The standard InChI is InChI=1S/C14H22N2O4S/c15-21(19,20)11-2-12(17)16(7-11)13-3-9-1-10(4-13)6-14(18,5-9)8-13/h9-11,18H,1-8H2,(H2,15,19,20). The lowest BCUT2D eigenvalue weighted by Crippen LogP contribution is -2.65. The summed E-state index contributed by atoms with van der Waals surface area (Å²) in [5, 5.41) is 15.2. The van der Waals surface area contributed by atoms with Crippen molar-refractivity contribution in [2.45, 2.75) is 61.3 Å². The highest BCUT2D eigenvalue weighted by Crippen LogP contribution is 2.60. The molecule has 5 fully saturated rings. The van der Waals surface area contributed by atoms with Gasteiger partial charge in [0.15, 0.2) is 0 Å². The Morgan fingerprint density at radius 2 is 1.81 bits per heavy atom. The zero-order valence-corrected chi connectivity index (χ0v) is 12.8. The van der Waals surface area contributed by atoms with E-state index in [1.807, 2.05) is 0 Å². The number of carbonyl (C=O) groups is 1. The first-order valence-electron chi connectivity index (χ1n) is 7.74. The zero-order valence-electron chi connectivity index (χ0n) is 12.0. The van der Waals surface area contributed by atoms with Crippen molar-refractivity contribution in [2.24, 2.45) is 17.0 Å². The quantitative estimate of drug-likeness (QED) is 0.747. The van der Waals surface area contributed by atoms with Gasteiger partial charge >= 0.3 is 0 Å². The molecule has 3 N–H and O–H groups in total. The van der Waals surface area contributed by atoms with Crippen LogP contribution in [0.4, 0.5) is 0 Å². The van der Waals surface area contributed by atoms with Crippen LogP contribution in [-0.4, -0.2) is 47.3 Å². The zero-order chi connectivity index (χ0) is 15.0. The van der Waals surface area contributed by atoms with Gasteiger partial charge in [0.1, 0.15) is 5.25 Å². The lowest BCUT2D eigenvalue weighted by molar-refractivity contribution is -0.179. The molecule has 7 heteroatoms. The molecule has 3 atom stereocenters. The number of primary sulfonamides is 1. The Kier molecular flexibility index (Phi) is 2.66. The Morgan fingerprint density at radius 1 is 1.19 bits per heavy atom. The van der Waals surface area contributed by atoms with Gasteiger partial charge in [-0.15, -0.1) is 0 Å². The van der Waals surface area contributed by atoms with E-state index in [1.165, 1.54) is 0 Å². The minimum atomic E-state index is -3.68. The second kappa shape index (κ2) is 4.00. The van der Waals surface area contributed by atoms with Crippen LogP contribution >= 0.6 is 0 Å². The fraction of sp³-hybridized carbons (Fsp3) is 0.929. The Bertz CT molecular complexity index is 588. The molecule has 4 saturated carbocycles. The van der Waals surface area contributed by atoms with Crippen LogP contribution in [0.1, 0.15) is 44.9 Å². The number of hydrogen-bond acceptors (Lipinski definition) is 4. The number of aliphatic hydroxyl groups is 1. The lowest BCUT2D eigenvalue weighted by atomic mass is 9.50. The predicted octanol–water partition coefficient (Wildman–Crippen LogP) is -0.0405. The molecule has 0 radical (unpaired) electrons. The summed E-state index contributed by atoms with van der Waals surface area (Å²) in [6.07, 6.45) is 5.25. The molecular weight excluding hydrogens is 292 g/mol. The van der Waals surface area contributed by atoms with Gasteiger partial charge in [-0.1, -0.05) is 0 Å². The molecule has 1 saturated heterocycles. The van der Waals surface area contributed by atoms with Crippen molar-refractivity contribution < 1.29 is 18.3 Å². The highest BCUT2D eigenvalue weighted by atomic mass is 32.2. The Morgan fingerprint density at radius 3 is 2.29 bits per heavy atom. The van der Waals surface area contributed by atoms with Gasteiger partial charge in [0.25, 0.3) is 0 Å². The molecule has 21 heavy (non-hydrogen) atoms. The molecule has 5 rings (SSSR count). The summed E-state index contributed by atoms with van der Waals surface area (Å²) in [6.45, 7) is 0.202. The monoisotopic (exact) mass is 314 g/mol. The Labute approximate surface area is 124 Å². The van der Waals surface area contributed by atoms with Crippen LogP contribution in [0.2, 0.25) is 0 Å². The first kappa shape index (κ1) is 14.0. The van der Waals surface area contributed by atoms with E-state index < -0.39 is 20.9 Å². The van der Waals surface area contributed by atoms with Crippen molar-refractivity contribution in [1.82, 2.24) is 4.90 Å². The molecule has 0 aromatic carbocycles. The molecule has 6 nitrogen and oxygen atoms in total. The van der Waals surface area contributed by atoms with Gasteiger partial charge in [0, 0.05) is 18.5 Å². The number of likely N-dealkylation sites (tertiary alicyclic amines) is 1. The first-order valence-corrected chi connectivity index (χ1v) is 9.35. The summed E-state index contributed by atoms with van der Waals surface area (Å²) in [5.74, 6) is 0.828. The van der Waals surface area contributed by atoms with Crippen LogP contribution in [-0.2, 0) is 14.8 Å². The van der Waals surface area contributed by atoms with E-state index >= 15 is 0 Å². The van der Waals surface area contributed by atoms with Crippen molar-refractivity contribution in [3.63, 3.8) is 0 Å². The smallest absolute Gasteiger partial charge is 0.224 e. The molecule has 1 heterocycles. The second-order valence-corrected chi connectivity index (χ2v) is 9.67. The molecule has 5 aliphatic rings. The summed E-state index contributed by atoms with van der Waals surface area (Å²) in [6, 6.07) is 0. The van der Waals surface area contributed by atoms with Gasteiger partial charge in [-0.25, -0.2) is 13.6 Å². The Hall–Kier alpha value is -0.660. The van der Waals surface area contributed by atoms with Crippen LogP contribution in [0, 0.1) is 11.8 Å². The molecule has 4 bridgehead atoms. The number of nitrogens with zero attached hydrogens (tertiary/aromatic N) is 1. The normalized spacial score (nSPS) is 49.1. The molecule has 0 spiro atoms. The minimum absolute atomic E-state index is 0.00561. The lowest BCUT2D eigenvalue weighted by Gasteiger charge is -2.62. The topological polar surface area (TPSA) is 101 Å². The van der Waals surface area contributed by atoms with Gasteiger partial charge in [0.2, 0.25) is 15.9 Å². The summed E-state index contributed by atoms with van der Waals surface area (Å²) in [4.78, 5) is 14.1. The second-order valence-electron chi connectivity index (χ2n) is 7.83. The molecule has 4 aliphatic carbocycles.